The van der Waals surface area contributed by atoms with Gasteiger partial charge in [0.15, 0.2) is 0 Å². The summed E-state index contributed by atoms with van der Waals surface area (Å²) >= 11 is 0. The molecule has 0 bridgehead atoms. The molecule has 4 rings (SSSR count). The second kappa shape index (κ2) is 11.3. The number of nitrogens with zero attached hydrogens (tertiary/aromatic N) is 4. The zero-order valence-electron chi connectivity index (χ0n) is 20.3. The van der Waals surface area contributed by atoms with Crippen LogP contribution in [-0.2, 0) is 23.0 Å². The molecule has 0 atom stereocenters. The highest BCUT2D eigenvalue weighted by Gasteiger charge is 2.19. The molecule has 10 nitrogen and oxygen atoms in total. The lowest BCUT2D eigenvalue weighted by molar-refractivity contribution is 0.0696. The Hall–Kier alpha value is -4.42. The van der Waals surface area contributed by atoms with Crippen molar-refractivity contribution in [2.24, 2.45) is 0 Å². The largest absolute Gasteiger partial charge is 0.478 e. The van der Waals surface area contributed by atoms with Gasteiger partial charge in [-0.1, -0.05) is 35.5 Å². The summed E-state index contributed by atoms with van der Waals surface area (Å²) in [6, 6.07) is 18.0. The van der Waals surface area contributed by atoms with Gasteiger partial charge in [0, 0.05) is 19.2 Å². The summed E-state index contributed by atoms with van der Waals surface area (Å²) in [4.78, 5) is 25.4. The summed E-state index contributed by atoms with van der Waals surface area (Å²) in [5.74, 6) is -1.83. The molecule has 0 unspecified atom stereocenters. The molecule has 38 heavy (non-hydrogen) atoms. The molecule has 1 aromatic heterocycles. The second-order valence-electron chi connectivity index (χ2n) is 8.43. The van der Waals surface area contributed by atoms with E-state index in [4.69, 9.17) is 5.11 Å². The third-order valence-electron chi connectivity index (χ3n) is 5.75. The molecule has 0 saturated carbocycles. The van der Waals surface area contributed by atoms with Crippen molar-refractivity contribution in [3.05, 3.63) is 107 Å². The van der Waals surface area contributed by atoms with Crippen LogP contribution in [0, 0.1) is 5.82 Å². The zero-order chi connectivity index (χ0) is 27.3. The summed E-state index contributed by atoms with van der Waals surface area (Å²) in [6.45, 7) is 0.0711. The third-order valence-corrected chi connectivity index (χ3v) is 7.15. The quantitative estimate of drug-likeness (QED) is 0.318. The molecule has 2 N–H and O–H groups in total. The van der Waals surface area contributed by atoms with E-state index in [2.05, 4.69) is 15.0 Å². The molecule has 0 saturated heterocycles. The van der Waals surface area contributed by atoms with E-state index < -0.39 is 21.9 Å². The monoisotopic (exact) mass is 537 g/mol. The lowest BCUT2D eigenvalue weighted by Gasteiger charge is -2.18. The van der Waals surface area contributed by atoms with Crippen molar-refractivity contribution >= 4 is 21.9 Å². The smallest absolute Gasteiger partial charge is 0.335 e. The number of rotatable bonds is 10. The van der Waals surface area contributed by atoms with Crippen LogP contribution in [0.3, 0.4) is 0 Å². The predicted molar refractivity (Wildman–Crippen MR) is 136 cm³/mol. The molecule has 1 amide bonds. The molecule has 4 aromatic rings. The number of carbonyl (C=O) groups excluding carboxylic acids is 1. The molecule has 0 aliphatic heterocycles. The van der Waals surface area contributed by atoms with E-state index in [-0.39, 0.29) is 34.9 Å². The van der Waals surface area contributed by atoms with Crippen molar-refractivity contribution in [2.45, 2.75) is 17.9 Å². The number of hydrogen-bond donors (Lipinski definition) is 2. The lowest BCUT2D eigenvalue weighted by Crippen LogP contribution is -2.29. The SMILES string of the molecule is CN(CCc1ccccc1F)C(=O)c1cccc(S(=O)(=O)NCc2cn(-c3cccc(C(=O)O)c3)nn2)c1. The number of aromatic nitrogens is 3. The third kappa shape index (κ3) is 6.28. The maximum Gasteiger partial charge on any atom is 0.335 e. The van der Waals surface area contributed by atoms with Gasteiger partial charge < -0.3 is 10.0 Å². The lowest BCUT2D eigenvalue weighted by atomic mass is 10.1. The van der Waals surface area contributed by atoms with Gasteiger partial charge in [0.1, 0.15) is 5.82 Å². The first-order valence-electron chi connectivity index (χ1n) is 11.5. The molecule has 12 heteroatoms. The van der Waals surface area contributed by atoms with Crippen molar-refractivity contribution in [3.8, 4) is 5.69 Å². The first-order valence-corrected chi connectivity index (χ1v) is 13.0. The van der Waals surface area contributed by atoms with Crippen molar-refractivity contribution in [3.63, 3.8) is 0 Å². The Kier molecular flexibility index (Phi) is 7.93. The summed E-state index contributed by atoms with van der Waals surface area (Å²) in [6.07, 6.45) is 1.80. The Labute approximate surface area is 218 Å². The molecule has 0 spiro atoms. The highest BCUT2D eigenvalue weighted by molar-refractivity contribution is 7.89. The Morgan fingerprint density at radius 1 is 1.03 bits per heavy atom. The maximum atomic E-state index is 13.9. The Morgan fingerprint density at radius 2 is 1.76 bits per heavy atom. The van der Waals surface area contributed by atoms with E-state index in [9.17, 15) is 22.4 Å². The molecule has 196 valence electrons. The van der Waals surface area contributed by atoms with Crippen LogP contribution in [0.1, 0.15) is 32.0 Å². The molecule has 0 radical (unpaired) electrons. The second-order valence-corrected chi connectivity index (χ2v) is 10.2. The number of aromatic carboxylic acids is 1. The summed E-state index contributed by atoms with van der Waals surface area (Å²) in [5, 5.41) is 17.0. The van der Waals surface area contributed by atoms with Gasteiger partial charge in [0.2, 0.25) is 10.0 Å². The van der Waals surface area contributed by atoms with E-state index in [1.165, 1.54) is 58.2 Å². The molecule has 1 heterocycles. The van der Waals surface area contributed by atoms with Crippen molar-refractivity contribution in [1.82, 2.24) is 24.6 Å². The average molecular weight is 538 g/mol. The first-order chi connectivity index (χ1) is 18.1. The number of nitrogens with one attached hydrogen (secondary N) is 1. The number of hydrogen-bond acceptors (Lipinski definition) is 6. The zero-order valence-corrected chi connectivity index (χ0v) is 21.1. The van der Waals surface area contributed by atoms with Crippen LogP contribution < -0.4 is 4.72 Å². The van der Waals surface area contributed by atoms with Gasteiger partial charge in [-0.2, -0.15) is 0 Å². The minimum atomic E-state index is -4.00. The fraction of sp³-hybridized carbons (Fsp3) is 0.154. The average Bonchev–Trinajstić information content (AvgIpc) is 3.40. The van der Waals surface area contributed by atoms with Crippen molar-refractivity contribution < 1.29 is 27.5 Å². The number of benzene rings is 3. The van der Waals surface area contributed by atoms with E-state index >= 15 is 0 Å². The molecule has 0 fully saturated rings. The van der Waals surface area contributed by atoms with Gasteiger partial charge in [-0.25, -0.2) is 27.0 Å². The first kappa shape index (κ1) is 26.6. The van der Waals surface area contributed by atoms with Gasteiger partial charge in [-0.3, -0.25) is 4.79 Å². The van der Waals surface area contributed by atoms with Crippen LogP contribution >= 0.6 is 0 Å². The summed E-state index contributed by atoms with van der Waals surface area (Å²) in [7, 11) is -2.43. The minimum absolute atomic E-state index is 0.0764. The molecular weight excluding hydrogens is 513 g/mol. The van der Waals surface area contributed by atoms with Gasteiger partial charge >= 0.3 is 5.97 Å². The number of sulfonamides is 1. The Balaban J connectivity index is 1.41. The van der Waals surface area contributed by atoms with Crippen LogP contribution in [0.15, 0.2) is 83.9 Å². The molecule has 3 aromatic carbocycles. The molecular formula is C26H24FN5O5S. The van der Waals surface area contributed by atoms with Crippen LogP contribution in [0.5, 0.6) is 0 Å². The van der Waals surface area contributed by atoms with Crippen LogP contribution in [0.25, 0.3) is 5.69 Å². The topological polar surface area (TPSA) is 134 Å². The van der Waals surface area contributed by atoms with Gasteiger partial charge in [-0.15, -0.1) is 5.10 Å². The fourth-order valence-corrected chi connectivity index (χ4v) is 4.69. The normalized spacial score (nSPS) is 11.3. The van der Waals surface area contributed by atoms with E-state index in [0.717, 1.165) is 0 Å². The van der Waals surface area contributed by atoms with E-state index in [0.29, 0.717) is 23.4 Å². The predicted octanol–water partition coefficient (Wildman–Crippen LogP) is 2.90. The van der Waals surface area contributed by atoms with Gasteiger partial charge in [0.25, 0.3) is 5.91 Å². The van der Waals surface area contributed by atoms with Crippen LogP contribution in [0.2, 0.25) is 0 Å². The van der Waals surface area contributed by atoms with Crippen molar-refractivity contribution in [1.29, 1.82) is 0 Å². The minimum Gasteiger partial charge on any atom is -0.478 e. The number of carboxylic acid groups (broad SMARTS) is 1. The van der Waals surface area contributed by atoms with Crippen LogP contribution in [-0.4, -0.2) is 58.9 Å². The highest BCUT2D eigenvalue weighted by Crippen LogP contribution is 2.15. The van der Waals surface area contributed by atoms with E-state index in [1.54, 1.807) is 37.4 Å². The van der Waals surface area contributed by atoms with Crippen molar-refractivity contribution in [2.75, 3.05) is 13.6 Å². The molecule has 0 aliphatic rings. The standard InChI is InChI=1S/C26H24FN5O5S/c1-31(13-12-18-6-2-3-11-24(18)27)25(33)19-7-5-10-23(15-19)38(36,37)28-16-21-17-32(30-29-21)22-9-4-8-20(14-22)26(34)35/h2-11,14-15,17,28H,12-13,16H2,1H3,(H,34,35). The Morgan fingerprint density at radius 3 is 2.53 bits per heavy atom. The number of carbonyl (C=O) groups is 2. The van der Waals surface area contributed by atoms with E-state index in [1.807, 2.05) is 0 Å². The van der Waals surface area contributed by atoms with Gasteiger partial charge in [-0.05, 0) is 54.4 Å². The van der Waals surface area contributed by atoms with Gasteiger partial charge in [0.05, 0.1) is 34.6 Å². The highest BCUT2D eigenvalue weighted by atomic mass is 32.2. The maximum absolute atomic E-state index is 13.9. The summed E-state index contributed by atoms with van der Waals surface area (Å²) < 4.78 is 43.4. The number of likely N-dealkylation sites (N-methyl/N-ethyl adjacent to an activating group) is 1. The van der Waals surface area contributed by atoms with Crippen LogP contribution in [0.4, 0.5) is 4.39 Å². The fourth-order valence-electron chi connectivity index (χ4n) is 3.65. The molecule has 0 aliphatic carbocycles. The Bertz CT molecular complexity index is 1590. The summed E-state index contributed by atoms with van der Waals surface area (Å²) in [5.41, 5.74) is 1.49. The number of carboxylic acids is 1. The number of halogens is 1. The number of amides is 1.